The summed E-state index contributed by atoms with van der Waals surface area (Å²) in [6, 6.07) is 11.4. The topological polar surface area (TPSA) is 29.3 Å². The largest absolute Gasteiger partial charge is 0.398 e. The summed E-state index contributed by atoms with van der Waals surface area (Å²) in [5.41, 5.74) is 10.4. The van der Waals surface area contributed by atoms with E-state index in [0.29, 0.717) is 4.47 Å². The fourth-order valence-electron chi connectivity index (χ4n) is 2.73. The number of fused-ring (bicyclic) bond motifs is 1. The van der Waals surface area contributed by atoms with E-state index in [1.54, 1.807) is 12.1 Å². The molecule has 3 rings (SSSR count). The van der Waals surface area contributed by atoms with E-state index in [9.17, 15) is 4.39 Å². The minimum absolute atomic E-state index is 0.204. The first-order valence-electron chi connectivity index (χ1n) is 6.66. The number of anilines is 1. The number of nitrogens with zero attached hydrogens (tertiary/aromatic N) is 1. The normalized spacial score (nSPS) is 15.1. The Morgan fingerprint density at radius 2 is 2.10 bits per heavy atom. The maximum absolute atomic E-state index is 13.5. The molecule has 0 unspecified atom stereocenters. The van der Waals surface area contributed by atoms with Gasteiger partial charge in [-0.1, -0.05) is 18.2 Å². The Kier molecular flexibility index (Phi) is 3.76. The average Bonchev–Trinajstić information content (AvgIpc) is 2.43. The van der Waals surface area contributed by atoms with Gasteiger partial charge in [0.25, 0.3) is 0 Å². The van der Waals surface area contributed by atoms with E-state index in [1.807, 2.05) is 18.2 Å². The Morgan fingerprint density at radius 3 is 2.90 bits per heavy atom. The van der Waals surface area contributed by atoms with E-state index < -0.39 is 0 Å². The SMILES string of the molecule is Nc1cccc2c1CCN(Cc1ccc(Br)c(F)c1)C2. The highest BCUT2D eigenvalue weighted by atomic mass is 79.9. The van der Waals surface area contributed by atoms with Gasteiger partial charge >= 0.3 is 0 Å². The van der Waals surface area contributed by atoms with Crippen LogP contribution in [-0.4, -0.2) is 11.4 Å². The molecule has 2 aromatic carbocycles. The average molecular weight is 335 g/mol. The highest BCUT2D eigenvalue weighted by molar-refractivity contribution is 9.10. The minimum atomic E-state index is -0.204. The van der Waals surface area contributed by atoms with Crippen molar-refractivity contribution >= 4 is 21.6 Å². The van der Waals surface area contributed by atoms with Crippen LogP contribution < -0.4 is 5.73 Å². The summed E-state index contributed by atoms with van der Waals surface area (Å²) in [7, 11) is 0. The van der Waals surface area contributed by atoms with Crippen LogP contribution in [0, 0.1) is 5.82 Å². The summed E-state index contributed by atoms with van der Waals surface area (Å²) >= 11 is 3.18. The molecule has 1 aliphatic rings. The fraction of sp³-hybridized carbons (Fsp3) is 0.250. The third-order valence-corrected chi connectivity index (χ3v) is 4.41. The van der Waals surface area contributed by atoms with Crippen LogP contribution in [0.15, 0.2) is 40.9 Å². The summed E-state index contributed by atoms with van der Waals surface area (Å²) < 4.78 is 14.1. The molecule has 2 nitrogen and oxygen atoms in total. The van der Waals surface area contributed by atoms with Crippen molar-refractivity contribution in [1.82, 2.24) is 4.90 Å². The van der Waals surface area contributed by atoms with Crippen LogP contribution in [0.1, 0.15) is 16.7 Å². The van der Waals surface area contributed by atoms with Crippen molar-refractivity contribution in [1.29, 1.82) is 0 Å². The number of hydrogen-bond acceptors (Lipinski definition) is 2. The maximum Gasteiger partial charge on any atom is 0.137 e. The fourth-order valence-corrected chi connectivity index (χ4v) is 2.98. The van der Waals surface area contributed by atoms with Gasteiger partial charge in [0.1, 0.15) is 5.82 Å². The van der Waals surface area contributed by atoms with Crippen LogP contribution in [0.4, 0.5) is 10.1 Å². The third kappa shape index (κ3) is 2.72. The van der Waals surface area contributed by atoms with Crippen LogP contribution in [0.2, 0.25) is 0 Å². The molecule has 1 heterocycles. The number of halogens is 2. The smallest absolute Gasteiger partial charge is 0.137 e. The molecule has 0 spiro atoms. The van der Waals surface area contributed by atoms with Crippen molar-refractivity contribution in [2.45, 2.75) is 19.5 Å². The molecule has 0 saturated carbocycles. The molecule has 0 aromatic heterocycles. The molecule has 20 heavy (non-hydrogen) atoms. The van der Waals surface area contributed by atoms with E-state index >= 15 is 0 Å². The van der Waals surface area contributed by atoms with E-state index in [4.69, 9.17) is 5.73 Å². The zero-order valence-corrected chi connectivity index (χ0v) is 12.7. The van der Waals surface area contributed by atoms with Crippen molar-refractivity contribution in [2.24, 2.45) is 0 Å². The predicted octanol–water partition coefficient (Wildman–Crippen LogP) is 3.73. The van der Waals surface area contributed by atoms with Crippen molar-refractivity contribution in [3.8, 4) is 0 Å². The molecule has 0 radical (unpaired) electrons. The van der Waals surface area contributed by atoms with Gasteiger partial charge in [0.2, 0.25) is 0 Å². The number of rotatable bonds is 2. The molecule has 1 aliphatic heterocycles. The summed E-state index contributed by atoms with van der Waals surface area (Å²) in [5.74, 6) is -0.204. The van der Waals surface area contributed by atoms with Gasteiger partial charge in [0.05, 0.1) is 4.47 Å². The lowest BCUT2D eigenvalue weighted by molar-refractivity contribution is 0.245. The van der Waals surface area contributed by atoms with Gasteiger partial charge in [0.15, 0.2) is 0 Å². The zero-order valence-electron chi connectivity index (χ0n) is 11.1. The van der Waals surface area contributed by atoms with Crippen molar-refractivity contribution in [3.63, 3.8) is 0 Å². The lowest BCUT2D eigenvalue weighted by Gasteiger charge is -2.29. The second-order valence-corrected chi connectivity index (χ2v) is 6.05. The molecule has 2 aromatic rings. The van der Waals surface area contributed by atoms with Gasteiger partial charge < -0.3 is 5.73 Å². The van der Waals surface area contributed by atoms with Crippen LogP contribution in [0.25, 0.3) is 0 Å². The Hall–Kier alpha value is -1.39. The number of nitrogens with two attached hydrogens (primary N) is 1. The Labute approximate surface area is 126 Å². The second kappa shape index (κ2) is 5.54. The number of hydrogen-bond donors (Lipinski definition) is 1. The first kappa shape index (κ1) is 13.6. The summed E-state index contributed by atoms with van der Waals surface area (Å²) in [6.07, 6.45) is 0.959. The van der Waals surface area contributed by atoms with Gasteiger partial charge in [-0.25, -0.2) is 4.39 Å². The van der Waals surface area contributed by atoms with Crippen LogP contribution in [0.3, 0.4) is 0 Å². The van der Waals surface area contributed by atoms with Crippen LogP contribution in [0.5, 0.6) is 0 Å². The van der Waals surface area contributed by atoms with Gasteiger partial charge in [-0.2, -0.15) is 0 Å². The van der Waals surface area contributed by atoms with Crippen LogP contribution in [-0.2, 0) is 19.5 Å². The molecular weight excluding hydrogens is 319 g/mol. The number of nitrogen functional groups attached to an aromatic ring is 1. The number of benzene rings is 2. The molecule has 0 aliphatic carbocycles. The maximum atomic E-state index is 13.5. The molecular formula is C16H16BrFN2. The van der Waals surface area contributed by atoms with Crippen molar-refractivity contribution in [3.05, 3.63) is 63.4 Å². The Bertz CT molecular complexity index is 642. The van der Waals surface area contributed by atoms with Crippen LogP contribution >= 0.6 is 15.9 Å². The second-order valence-electron chi connectivity index (χ2n) is 5.19. The standard InChI is InChI=1S/C16H16BrFN2/c17-14-5-4-11(8-15(14)18)9-20-7-6-13-12(10-20)2-1-3-16(13)19/h1-5,8H,6-7,9-10,19H2. The molecule has 0 saturated heterocycles. The summed E-state index contributed by atoms with van der Waals surface area (Å²) in [6.45, 7) is 2.59. The zero-order chi connectivity index (χ0) is 14.1. The van der Waals surface area contributed by atoms with Gasteiger partial charge in [-0.05, 0) is 57.2 Å². The monoisotopic (exact) mass is 334 g/mol. The van der Waals surface area contributed by atoms with E-state index in [0.717, 1.165) is 37.3 Å². The third-order valence-electron chi connectivity index (χ3n) is 3.77. The molecule has 2 N–H and O–H groups in total. The summed E-state index contributed by atoms with van der Waals surface area (Å²) in [5, 5.41) is 0. The van der Waals surface area contributed by atoms with Crippen molar-refractivity contribution < 1.29 is 4.39 Å². The molecule has 0 amide bonds. The highest BCUT2D eigenvalue weighted by Crippen LogP contribution is 2.25. The Balaban J connectivity index is 1.76. The van der Waals surface area contributed by atoms with Crippen molar-refractivity contribution in [2.75, 3.05) is 12.3 Å². The molecule has 4 heteroatoms. The molecule has 104 valence electrons. The highest BCUT2D eigenvalue weighted by Gasteiger charge is 2.18. The quantitative estimate of drug-likeness (QED) is 0.848. The van der Waals surface area contributed by atoms with E-state index in [-0.39, 0.29) is 5.82 Å². The molecule has 0 bridgehead atoms. The van der Waals surface area contributed by atoms with Gasteiger partial charge in [0, 0.05) is 25.3 Å². The first-order valence-corrected chi connectivity index (χ1v) is 7.45. The minimum Gasteiger partial charge on any atom is -0.398 e. The lowest BCUT2D eigenvalue weighted by atomic mass is 9.97. The van der Waals surface area contributed by atoms with Gasteiger partial charge in [-0.3, -0.25) is 4.90 Å². The van der Waals surface area contributed by atoms with E-state index in [1.165, 1.54) is 11.1 Å². The summed E-state index contributed by atoms with van der Waals surface area (Å²) in [4.78, 5) is 2.32. The molecule has 0 fully saturated rings. The molecule has 0 atom stereocenters. The predicted molar refractivity (Wildman–Crippen MR) is 82.8 cm³/mol. The Morgan fingerprint density at radius 1 is 1.25 bits per heavy atom. The lowest BCUT2D eigenvalue weighted by Crippen LogP contribution is -2.30. The van der Waals surface area contributed by atoms with E-state index in [2.05, 4.69) is 26.9 Å². The van der Waals surface area contributed by atoms with Gasteiger partial charge in [-0.15, -0.1) is 0 Å². The first-order chi connectivity index (χ1) is 9.63.